The highest BCUT2D eigenvalue weighted by molar-refractivity contribution is 14.1. The van der Waals surface area contributed by atoms with Gasteiger partial charge < -0.3 is 9.47 Å². The van der Waals surface area contributed by atoms with E-state index in [4.69, 9.17) is 9.47 Å². The number of halogens is 1. The molecule has 0 atom stereocenters. The summed E-state index contributed by atoms with van der Waals surface area (Å²) in [4.78, 5) is 0. The Morgan fingerprint density at radius 2 is 2.14 bits per heavy atom. The minimum absolute atomic E-state index is 0.777. The Hall–Kier alpha value is -0.450. The Labute approximate surface area is 98.7 Å². The van der Waals surface area contributed by atoms with Crippen molar-refractivity contribution in [2.75, 3.05) is 13.7 Å². The second-order valence-corrected chi connectivity index (χ2v) is 4.16. The molecule has 1 aromatic carbocycles. The van der Waals surface area contributed by atoms with Gasteiger partial charge in [-0.05, 0) is 41.1 Å². The van der Waals surface area contributed by atoms with Gasteiger partial charge in [-0.2, -0.15) is 0 Å². The molecule has 0 spiro atoms. The zero-order valence-corrected chi connectivity index (χ0v) is 10.7. The van der Waals surface area contributed by atoms with Crippen molar-refractivity contribution in [1.29, 1.82) is 0 Å². The lowest BCUT2D eigenvalue weighted by molar-refractivity contribution is 0.305. The first-order chi connectivity index (χ1) is 6.77. The largest absolute Gasteiger partial charge is 0.497 e. The maximum Gasteiger partial charge on any atom is 0.136 e. The van der Waals surface area contributed by atoms with Crippen LogP contribution in [0.1, 0.15) is 19.8 Å². The van der Waals surface area contributed by atoms with Crippen LogP contribution in [0.2, 0.25) is 0 Å². The van der Waals surface area contributed by atoms with E-state index >= 15 is 0 Å². The van der Waals surface area contributed by atoms with Gasteiger partial charge in [0.15, 0.2) is 0 Å². The van der Waals surface area contributed by atoms with Crippen LogP contribution >= 0.6 is 22.6 Å². The molecule has 1 rings (SSSR count). The van der Waals surface area contributed by atoms with Gasteiger partial charge in [0.05, 0.1) is 17.3 Å². The molecule has 0 unspecified atom stereocenters. The molecular weight excluding hydrogens is 291 g/mol. The summed E-state index contributed by atoms with van der Waals surface area (Å²) in [7, 11) is 1.66. The fourth-order valence-electron chi connectivity index (χ4n) is 1.05. The van der Waals surface area contributed by atoms with Crippen LogP contribution in [0.3, 0.4) is 0 Å². The van der Waals surface area contributed by atoms with Gasteiger partial charge in [0.1, 0.15) is 11.5 Å². The standard InChI is InChI=1S/C11H15IO2/c1-3-4-7-14-11-8-9(13-2)5-6-10(11)12/h5-6,8H,3-4,7H2,1-2H3. The van der Waals surface area contributed by atoms with Gasteiger partial charge in [0, 0.05) is 6.07 Å². The van der Waals surface area contributed by atoms with E-state index in [9.17, 15) is 0 Å². The molecule has 0 saturated carbocycles. The Bertz CT molecular complexity index is 287. The average Bonchev–Trinajstić information content (AvgIpc) is 2.21. The van der Waals surface area contributed by atoms with Gasteiger partial charge in [-0.1, -0.05) is 13.3 Å². The van der Waals surface area contributed by atoms with Crippen molar-refractivity contribution in [2.45, 2.75) is 19.8 Å². The van der Waals surface area contributed by atoms with Crippen molar-refractivity contribution in [3.63, 3.8) is 0 Å². The minimum atomic E-state index is 0.777. The van der Waals surface area contributed by atoms with Crippen molar-refractivity contribution < 1.29 is 9.47 Å². The number of hydrogen-bond acceptors (Lipinski definition) is 2. The third-order valence-electron chi connectivity index (χ3n) is 1.89. The molecule has 0 amide bonds. The van der Waals surface area contributed by atoms with E-state index < -0.39 is 0 Å². The summed E-state index contributed by atoms with van der Waals surface area (Å²) < 4.78 is 11.9. The van der Waals surface area contributed by atoms with Crippen LogP contribution < -0.4 is 9.47 Å². The van der Waals surface area contributed by atoms with Crippen LogP contribution in [-0.2, 0) is 0 Å². The first-order valence-electron chi connectivity index (χ1n) is 4.74. The van der Waals surface area contributed by atoms with Crippen LogP contribution in [0.25, 0.3) is 0 Å². The van der Waals surface area contributed by atoms with Crippen LogP contribution in [0.4, 0.5) is 0 Å². The summed E-state index contributed by atoms with van der Waals surface area (Å²) >= 11 is 2.26. The molecule has 0 radical (unpaired) electrons. The predicted molar refractivity (Wildman–Crippen MR) is 66.1 cm³/mol. The summed E-state index contributed by atoms with van der Waals surface area (Å²) in [6.45, 7) is 2.93. The molecule has 0 heterocycles. The molecule has 3 heteroatoms. The van der Waals surface area contributed by atoms with Gasteiger partial charge in [-0.15, -0.1) is 0 Å². The molecular formula is C11H15IO2. The third kappa shape index (κ3) is 3.36. The van der Waals surface area contributed by atoms with Crippen LogP contribution in [0, 0.1) is 3.57 Å². The molecule has 0 fully saturated rings. The molecule has 0 saturated heterocycles. The third-order valence-corrected chi connectivity index (χ3v) is 2.79. The molecule has 2 nitrogen and oxygen atoms in total. The van der Waals surface area contributed by atoms with E-state index in [-0.39, 0.29) is 0 Å². The first-order valence-corrected chi connectivity index (χ1v) is 5.82. The van der Waals surface area contributed by atoms with E-state index in [0.717, 1.165) is 34.5 Å². The lowest BCUT2D eigenvalue weighted by Crippen LogP contribution is -1.98. The average molecular weight is 306 g/mol. The van der Waals surface area contributed by atoms with Crippen LogP contribution in [0.5, 0.6) is 11.5 Å². The fourth-order valence-corrected chi connectivity index (χ4v) is 1.54. The summed E-state index contributed by atoms with van der Waals surface area (Å²) in [5.74, 6) is 1.76. The highest BCUT2D eigenvalue weighted by Gasteiger charge is 2.02. The van der Waals surface area contributed by atoms with Crippen LogP contribution in [-0.4, -0.2) is 13.7 Å². The molecule has 0 aliphatic carbocycles. The molecule has 14 heavy (non-hydrogen) atoms. The second-order valence-electron chi connectivity index (χ2n) is 3.00. The summed E-state index contributed by atoms with van der Waals surface area (Å²) in [5, 5.41) is 0. The maximum absolute atomic E-state index is 5.63. The maximum atomic E-state index is 5.63. The Morgan fingerprint density at radius 1 is 1.36 bits per heavy atom. The summed E-state index contributed by atoms with van der Waals surface area (Å²) in [5.41, 5.74) is 0. The van der Waals surface area contributed by atoms with Crippen molar-refractivity contribution in [1.82, 2.24) is 0 Å². The lowest BCUT2D eigenvalue weighted by Gasteiger charge is -2.09. The first kappa shape index (κ1) is 11.6. The van der Waals surface area contributed by atoms with Crippen molar-refractivity contribution in [2.24, 2.45) is 0 Å². The van der Waals surface area contributed by atoms with Gasteiger partial charge in [-0.25, -0.2) is 0 Å². The quantitative estimate of drug-likeness (QED) is 0.612. The molecule has 1 aromatic rings. The van der Waals surface area contributed by atoms with Crippen molar-refractivity contribution >= 4 is 22.6 Å². The van der Waals surface area contributed by atoms with E-state index in [1.165, 1.54) is 0 Å². The zero-order chi connectivity index (χ0) is 10.4. The van der Waals surface area contributed by atoms with Crippen molar-refractivity contribution in [3.8, 4) is 11.5 Å². The van der Waals surface area contributed by atoms with E-state index in [2.05, 4.69) is 29.5 Å². The smallest absolute Gasteiger partial charge is 0.136 e. The van der Waals surface area contributed by atoms with Gasteiger partial charge >= 0.3 is 0 Å². The number of ether oxygens (including phenoxy) is 2. The molecule has 0 aliphatic rings. The second kappa shape index (κ2) is 6.11. The van der Waals surface area contributed by atoms with Gasteiger partial charge in [0.25, 0.3) is 0 Å². The number of methoxy groups -OCH3 is 1. The molecule has 0 bridgehead atoms. The SMILES string of the molecule is CCCCOc1cc(OC)ccc1I. The highest BCUT2D eigenvalue weighted by Crippen LogP contribution is 2.26. The number of rotatable bonds is 5. The van der Waals surface area contributed by atoms with Crippen molar-refractivity contribution in [3.05, 3.63) is 21.8 Å². The van der Waals surface area contributed by atoms with E-state index in [1.807, 2.05) is 18.2 Å². The number of benzene rings is 1. The predicted octanol–water partition coefficient (Wildman–Crippen LogP) is 3.48. The van der Waals surface area contributed by atoms with E-state index in [1.54, 1.807) is 7.11 Å². The van der Waals surface area contributed by atoms with E-state index in [0.29, 0.717) is 0 Å². The minimum Gasteiger partial charge on any atom is -0.497 e. The number of hydrogen-bond donors (Lipinski definition) is 0. The topological polar surface area (TPSA) is 18.5 Å². The number of unbranched alkanes of at least 4 members (excludes halogenated alkanes) is 1. The summed E-state index contributed by atoms with van der Waals surface area (Å²) in [6, 6.07) is 5.87. The lowest BCUT2D eigenvalue weighted by atomic mass is 10.3. The van der Waals surface area contributed by atoms with Crippen LogP contribution in [0.15, 0.2) is 18.2 Å². The molecule has 78 valence electrons. The Morgan fingerprint density at radius 3 is 2.79 bits per heavy atom. The van der Waals surface area contributed by atoms with Gasteiger partial charge in [0.2, 0.25) is 0 Å². The monoisotopic (exact) mass is 306 g/mol. The molecule has 0 aromatic heterocycles. The highest BCUT2D eigenvalue weighted by atomic mass is 127. The zero-order valence-electron chi connectivity index (χ0n) is 8.55. The van der Waals surface area contributed by atoms with Gasteiger partial charge in [-0.3, -0.25) is 0 Å². The molecule has 0 aliphatic heterocycles. The fraction of sp³-hybridized carbons (Fsp3) is 0.455. The normalized spacial score (nSPS) is 9.93. The Balaban J connectivity index is 2.64. The molecule has 0 N–H and O–H groups in total. The summed E-state index contributed by atoms with van der Waals surface area (Å²) in [6.07, 6.45) is 2.24. The Kier molecular flexibility index (Phi) is 5.07.